The lowest BCUT2D eigenvalue weighted by atomic mass is 10.1. The molecule has 0 N–H and O–H groups in total. The second-order valence-electron chi connectivity index (χ2n) is 6.99. The number of rotatable bonds is 8. The summed E-state index contributed by atoms with van der Waals surface area (Å²) in [7, 11) is 1.57. The van der Waals surface area contributed by atoms with E-state index >= 15 is 0 Å². The Morgan fingerprint density at radius 1 is 1.00 bits per heavy atom. The lowest BCUT2D eigenvalue weighted by molar-refractivity contribution is -0.137. The van der Waals surface area contributed by atoms with Crippen molar-refractivity contribution in [3.8, 4) is 6.01 Å². The van der Waals surface area contributed by atoms with Crippen LogP contribution in [0.15, 0.2) is 60.8 Å². The van der Waals surface area contributed by atoms with Crippen molar-refractivity contribution < 1.29 is 17.9 Å². The first-order valence-corrected chi connectivity index (χ1v) is 9.82. The van der Waals surface area contributed by atoms with Crippen LogP contribution in [0, 0.1) is 0 Å². The Morgan fingerprint density at radius 3 is 2.43 bits per heavy atom. The molecular weight excluding hydrogens is 391 g/mol. The van der Waals surface area contributed by atoms with Crippen molar-refractivity contribution in [3.05, 3.63) is 77.5 Å². The van der Waals surface area contributed by atoms with Crippen molar-refractivity contribution in [1.82, 2.24) is 9.97 Å². The molecule has 0 aliphatic heterocycles. The SMILES string of the molecule is CCCCc1cccc(N(C)c2nc(OCc3ccccc3)ncc2C(F)(F)F)c1. The van der Waals surface area contributed by atoms with Gasteiger partial charge in [-0.05, 0) is 36.1 Å². The molecule has 0 amide bonds. The fourth-order valence-electron chi connectivity index (χ4n) is 3.03. The molecule has 3 rings (SSSR count). The third-order valence-electron chi connectivity index (χ3n) is 4.70. The molecule has 0 saturated carbocycles. The average molecular weight is 415 g/mol. The van der Waals surface area contributed by atoms with Gasteiger partial charge in [-0.25, -0.2) is 4.98 Å². The highest BCUT2D eigenvalue weighted by Crippen LogP contribution is 2.38. The molecule has 1 aromatic heterocycles. The minimum Gasteiger partial charge on any atom is -0.459 e. The molecule has 0 saturated heterocycles. The second-order valence-corrected chi connectivity index (χ2v) is 6.99. The number of anilines is 2. The molecule has 4 nitrogen and oxygen atoms in total. The second kappa shape index (κ2) is 9.61. The summed E-state index contributed by atoms with van der Waals surface area (Å²) in [6.07, 6.45) is -0.862. The quantitative estimate of drug-likeness (QED) is 0.440. The molecule has 0 radical (unpaired) electrons. The maximum atomic E-state index is 13.6. The smallest absolute Gasteiger partial charge is 0.421 e. The molecule has 30 heavy (non-hydrogen) atoms. The van der Waals surface area contributed by atoms with Crippen molar-refractivity contribution >= 4 is 11.5 Å². The van der Waals surface area contributed by atoms with E-state index < -0.39 is 11.7 Å². The summed E-state index contributed by atoms with van der Waals surface area (Å²) in [5.41, 5.74) is 1.67. The van der Waals surface area contributed by atoms with Crippen molar-refractivity contribution in [2.24, 2.45) is 0 Å². The van der Waals surface area contributed by atoms with Crippen LogP contribution in [0.25, 0.3) is 0 Å². The molecule has 1 heterocycles. The van der Waals surface area contributed by atoms with Gasteiger partial charge >= 0.3 is 12.2 Å². The summed E-state index contributed by atoms with van der Waals surface area (Å²) in [4.78, 5) is 9.30. The summed E-state index contributed by atoms with van der Waals surface area (Å²) in [5, 5.41) is 0. The number of alkyl halides is 3. The average Bonchev–Trinajstić information content (AvgIpc) is 2.76. The first-order chi connectivity index (χ1) is 14.4. The normalized spacial score (nSPS) is 11.4. The summed E-state index contributed by atoms with van der Waals surface area (Å²) in [6.45, 7) is 2.27. The van der Waals surface area contributed by atoms with Gasteiger partial charge in [0.2, 0.25) is 0 Å². The topological polar surface area (TPSA) is 38.2 Å². The number of nitrogens with zero attached hydrogens (tertiary/aromatic N) is 3. The van der Waals surface area contributed by atoms with Gasteiger partial charge in [-0.2, -0.15) is 18.2 Å². The van der Waals surface area contributed by atoms with E-state index in [1.165, 1.54) is 4.90 Å². The van der Waals surface area contributed by atoms with Crippen LogP contribution in [0.5, 0.6) is 6.01 Å². The van der Waals surface area contributed by atoms with Gasteiger partial charge in [0, 0.05) is 18.9 Å². The molecule has 3 aromatic rings. The van der Waals surface area contributed by atoms with E-state index in [2.05, 4.69) is 16.9 Å². The number of aromatic nitrogens is 2. The van der Waals surface area contributed by atoms with Crippen LogP contribution in [0.4, 0.5) is 24.7 Å². The lowest BCUT2D eigenvalue weighted by Crippen LogP contribution is -2.19. The Kier molecular flexibility index (Phi) is 6.92. The van der Waals surface area contributed by atoms with E-state index in [9.17, 15) is 13.2 Å². The van der Waals surface area contributed by atoms with E-state index in [0.717, 1.165) is 36.6 Å². The third kappa shape index (κ3) is 5.49. The highest BCUT2D eigenvalue weighted by molar-refractivity contribution is 5.63. The van der Waals surface area contributed by atoms with E-state index in [-0.39, 0.29) is 18.4 Å². The Labute approximate surface area is 174 Å². The zero-order valence-corrected chi connectivity index (χ0v) is 17.0. The maximum Gasteiger partial charge on any atom is 0.421 e. The molecule has 0 atom stereocenters. The predicted octanol–water partition coefficient (Wildman–Crippen LogP) is 6.18. The standard InChI is InChI=1S/C23H24F3N3O/c1-3-4-9-17-12-8-13-19(14-17)29(2)21-20(23(24,25)26)15-27-22(28-21)30-16-18-10-6-5-7-11-18/h5-8,10-15H,3-4,9,16H2,1-2H3. The third-order valence-corrected chi connectivity index (χ3v) is 4.70. The lowest BCUT2D eigenvalue weighted by Gasteiger charge is -2.23. The van der Waals surface area contributed by atoms with Gasteiger partial charge in [0.05, 0.1) is 0 Å². The van der Waals surface area contributed by atoms with Crippen molar-refractivity contribution in [1.29, 1.82) is 0 Å². The molecular formula is C23H24F3N3O. The number of benzene rings is 2. The van der Waals surface area contributed by atoms with Crippen LogP contribution in [-0.4, -0.2) is 17.0 Å². The summed E-state index contributed by atoms with van der Waals surface area (Å²) in [6, 6.07) is 16.7. The largest absolute Gasteiger partial charge is 0.459 e. The number of hydrogen-bond acceptors (Lipinski definition) is 4. The van der Waals surface area contributed by atoms with Gasteiger partial charge in [-0.3, -0.25) is 0 Å². The van der Waals surface area contributed by atoms with Gasteiger partial charge in [-0.1, -0.05) is 55.8 Å². The summed E-state index contributed by atoms with van der Waals surface area (Å²) in [5.74, 6) is -0.242. The molecule has 0 aliphatic rings. The first kappa shape index (κ1) is 21.6. The highest BCUT2D eigenvalue weighted by Gasteiger charge is 2.36. The zero-order chi connectivity index (χ0) is 21.6. The number of unbranched alkanes of at least 4 members (excludes halogenated alkanes) is 1. The molecule has 2 aromatic carbocycles. The first-order valence-electron chi connectivity index (χ1n) is 9.82. The van der Waals surface area contributed by atoms with Gasteiger partial charge in [0.15, 0.2) is 5.82 Å². The molecule has 0 unspecified atom stereocenters. The summed E-state index contributed by atoms with van der Waals surface area (Å²) < 4.78 is 46.4. The minimum absolute atomic E-state index is 0.101. The Balaban J connectivity index is 1.90. The zero-order valence-electron chi connectivity index (χ0n) is 17.0. The number of ether oxygens (including phenoxy) is 1. The Hall–Kier alpha value is -3.09. The summed E-state index contributed by atoms with van der Waals surface area (Å²) >= 11 is 0. The predicted molar refractivity (Wildman–Crippen MR) is 111 cm³/mol. The molecule has 0 fully saturated rings. The van der Waals surface area contributed by atoms with Crippen LogP contribution in [0.1, 0.15) is 36.5 Å². The number of halogens is 3. The van der Waals surface area contributed by atoms with Crippen LogP contribution in [-0.2, 0) is 19.2 Å². The van der Waals surface area contributed by atoms with Crippen molar-refractivity contribution in [2.45, 2.75) is 39.0 Å². The fourth-order valence-corrected chi connectivity index (χ4v) is 3.03. The molecule has 0 aliphatic carbocycles. The monoisotopic (exact) mass is 415 g/mol. The van der Waals surface area contributed by atoms with Gasteiger partial charge in [0.25, 0.3) is 0 Å². The molecule has 158 valence electrons. The van der Waals surface area contributed by atoms with Crippen LogP contribution in [0.3, 0.4) is 0 Å². The molecule has 0 bridgehead atoms. The van der Waals surface area contributed by atoms with E-state index in [1.54, 1.807) is 13.1 Å². The van der Waals surface area contributed by atoms with E-state index in [4.69, 9.17) is 4.74 Å². The molecule has 7 heteroatoms. The van der Waals surface area contributed by atoms with Crippen molar-refractivity contribution in [3.63, 3.8) is 0 Å². The Bertz CT molecular complexity index is 961. The van der Waals surface area contributed by atoms with Gasteiger partial charge in [-0.15, -0.1) is 0 Å². The van der Waals surface area contributed by atoms with E-state index in [0.29, 0.717) is 5.69 Å². The molecule has 0 spiro atoms. The highest BCUT2D eigenvalue weighted by atomic mass is 19.4. The maximum absolute atomic E-state index is 13.6. The van der Waals surface area contributed by atoms with E-state index in [1.807, 2.05) is 48.5 Å². The number of hydrogen-bond donors (Lipinski definition) is 0. The minimum atomic E-state index is -4.58. The number of aryl methyl sites for hydroxylation is 1. The van der Waals surface area contributed by atoms with Gasteiger partial charge < -0.3 is 9.64 Å². The van der Waals surface area contributed by atoms with Crippen LogP contribution >= 0.6 is 0 Å². The fraction of sp³-hybridized carbons (Fsp3) is 0.304. The van der Waals surface area contributed by atoms with Crippen LogP contribution < -0.4 is 9.64 Å². The van der Waals surface area contributed by atoms with Crippen LogP contribution in [0.2, 0.25) is 0 Å². The van der Waals surface area contributed by atoms with Crippen molar-refractivity contribution in [2.75, 3.05) is 11.9 Å². The Morgan fingerprint density at radius 2 is 1.73 bits per heavy atom. The van der Waals surface area contributed by atoms with Gasteiger partial charge in [0.1, 0.15) is 12.2 Å².